The lowest BCUT2D eigenvalue weighted by molar-refractivity contribution is -0.126. The number of amides is 1. The highest BCUT2D eigenvalue weighted by Gasteiger charge is 2.41. The largest absolute Gasteiger partial charge is 0.366 e. The van der Waals surface area contributed by atoms with E-state index in [1.54, 1.807) is 22.7 Å². The van der Waals surface area contributed by atoms with Crippen LogP contribution in [0.5, 0.6) is 0 Å². The second-order valence-corrected chi connectivity index (χ2v) is 7.76. The van der Waals surface area contributed by atoms with Crippen LogP contribution in [-0.4, -0.2) is 23.1 Å². The van der Waals surface area contributed by atoms with Gasteiger partial charge in [0, 0.05) is 17.5 Å². The van der Waals surface area contributed by atoms with Crippen molar-refractivity contribution in [2.24, 2.45) is 5.92 Å². The maximum absolute atomic E-state index is 12.7. The molecule has 2 aliphatic rings. The second-order valence-electron chi connectivity index (χ2n) is 6.09. The maximum Gasteiger partial charge on any atom is 0.226 e. The van der Waals surface area contributed by atoms with Crippen LogP contribution in [0.4, 0.5) is 0 Å². The van der Waals surface area contributed by atoms with Gasteiger partial charge in [-0.3, -0.25) is 4.79 Å². The second kappa shape index (κ2) is 6.19. The van der Waals surface area contributed by atoms with E-state index in [9.17, 15) is 4.79 Å². The number of thiazole rings is 1. The zero-order chi connectivity index (χ0) is 15.8. The molecule has 4 nitrogen and oxygen atoms in total. The number of fused-ring (bicyclic) bond motifs is 2. The van der Waals surface area contributed by atoms with Gasteiger partial charge in [-0.05, 0) is 35.7 Å². The van der Waals surface area contributed by atoms with Gasteiger partial charge in [-0.2, -0.15) is 11.3 Å². The molecule has 23 heavy (non-hydrogen) atoms. The van der Waals surface area contributed by atoms with E-state index in [0.717, 1.165) is 23.5 Å². The Hall–Kier alpha value is -1.50. The van der Waals surface area contributed by atoms with Gasteiger partial charge in [0.25, 0.3) is 0 Å². The molecule has 4 atom stereocenters. The van der Waals surface area contributed by atoms with Crippen LogP contribution in [0.2, 0.25) is 0 Å². The minimum absolute atomic E-state index is 0.0557. The van der Waals surface area contributed by atoms with Crippen molar-refractivity contribution < 1.29 is 9.53 Å². The van der Waals surface area contributed by atoms with Gasteiger partial charge in [-0.25, -0.2) is 4.98 Å². The van der Waals surface area contributed by atoms with Gasteiger partial charge in [0.1, 0.15) is 5.01 Å². The lowest BCUT2D eigenvalue weighted by atomic mass is 9.93. The molecule has 0 saturated carbocycles. The summed E-state index contributed by atoms with van der Waals surface area (Å²) in [5.41, 5.74) is 2.23. The number of aryl methyl sites for hydroxylation is 1. The van der Waals surface area contributed by atoms with Gasteiger partial charge in [0.2, 0.25) is 5.91 Å². The first-order chi connectivity index (χ1) is 11.2. The molecule has 6 heteroatoms. The number of nitrogens with one attached hydrogen (secondary N) is 1. The molecule has 0 spiro atoms. The van der Waals surface area contributed by atoms with Crippen molar-refractivity contribution in [3.63, 3.8) is 0 Å². The van der Waals surface area contributed by atoms with E-state index in [-0.39, 0.29) is 30.1 Å². The Morgan fingerprint density at radius 2 is 2.39 bits per heavy atom. The number of nitrogens with zero attached hydrogens (tertiary/aromatic N) is 1. The van der Waals surface area contributed by atoms with Crippen LogP contribution in [0.25, 0.3) is 0 Å². The number of hydrogen-bond acceptors (Lipinski definition) is 5. The number of aromatic nitrogens is 1. The van der Waals surface area contributed by atoms with Crippen molar-refractivity contribution in [2.75, 3.05) is 0 Å². The number of thiophene rings is 1. The molecular weight excluding hydrogens is 328 g/mol. The SMILES string of the molecule is Cc1csc(C(Cc2ccsc2)NC(=O)C2CC3C=CC2O3)n1. The molecule has 120 valence electrons. The summed E-state index contributed by atoms with van der Waals surface area (Å²) in [5.74, 6) is 0.00552. The zero-order valence-electron chi connectivity index (χ0n) is 12.8. The summed E-state index contributed by atoms with van der Waals surface area (Å²) in [6.45, 7) is 1.98. The Morgan fingerprint density at radius 1 is 1.48 bits per heavy atom. The number of carbonyl (C=O) groups is 1. The first kappa shape index (κ1) is 15.1. The molecule has 0 radical (unpaired) electrons. The molecule has 2 aromatic heterocycles. The Kier molecular flexibility index (Phi) is 4.05. The smallest absolute Gasteiger partial charge is 0.226 e. The third kappa shape index (κ3) is 3.11. The van der Waals surface area contributed by atoms with Gasteiger partial charge >= 0.3 is 0 Å². The molecule has 0 aliphatic carbocycles. The van der Waals surface area contributed by atoms with Crippen molar-refractivity contribution in [3.8, 4) is 0 Å². The van der Waals surface area contributed by atoms with Crippen LogP contribution in [0.1, 0.15) is 28.7 Å². The fraction of sp³-hybridized carbons (Fsp3) is 0.412. The minimum Gasteiger partial charge on any atom is -0.366 e. The van der Waals surface area contributed by atoms with E-state index in [1.165, 1.54) is 5.56 Å². The fourth-order valence-corrected chi connectivity index (χ4v) is 4.71. The Bertz CT molecular complexity index is 723. The number of ether oxygens (including phenoxy) is 1. The summed E-state index contributed by atoms with van der Waals surface area (Å²) in [4.78, 5) is 17.3. The lowest BCUT2D eigenvalue weighted by Crippen LogP contribution is -2.38. The standard InChI is InChI=1S/C17H18N2O2S2/c1-10-8-23-17(18-10)14(6-11-4-5-22-9-11)19-16(20)13-7-12-2-3-15(13)21-12/h2-5,8-9,12-15H,6-7H2,1H3,(H,19,20). The van der Waals surface area contributed by atoms with Gasteiger partial charge in [-0.15, -0.1) is 11.3 Å². The van der Waals surface area contributed by atoms with Crippen LogP contribution < -0.4 is 5.32 Å². The quantitative estimate of drug-likeness (QED) is 0.846. The summed E-state index contributed by atoms with van der Waals surface area (Å²) in [6, 6.07) is 2.03. The number of rotatable bonds is 5. The highest BCUT2D eigenvalue weighted by molar-refractivity contribution is 7.09. The molecule has 1 N–H and O–H groups in total. The van der Waals surface area contributed by atoms with Gasteiger partial charge in [0.15, 0.2) is 0 Å². The van der Waals surface area contributed by atoms with Crippen LogP contribution in [0, 0.1) is 12.8 Å². The van der Waals surface area contributed by atoms with Crippen molar-refractivity contribution >= 4 is 28.6 Å². The predicted molar refractivity (Wildman–Crippen MR) is 91.7 cm³/mol. The lowest BCUT2D eigenvalue weighted by Gasteiger charge is -2.21. The Labute approximate surface area is 143 Å². The summed E-state index contributed by atoms with van der Waals surface area (Å²) >= 11 is 3.29. The molecule has 0 aromatic carbocycles. The topological polar surface area (TPSA) is 51.2 Å². The maximum atomic E-state index is 12.7. The molecule has 1 saturated heterocycles. The van der Waals surface area contributed by atoms with E-state index < -0.39 is 0 Å². The Morgan fingerprint density at radius 3 is 3.00 bits per heavy atom. The van der Waals surface area contributed by atoms with E-state index in [2.05, 4.69) is 33.2 Å². The summed E-state index contributed by atoms with van der Waals surface area (Å²) < 4.78 is 5.72. The summed E-state index contributed by atoms with van der Waals surface area (Å²) in [6.07, 6.45) is 5.70. The van der Waals surface area contributed by atoms with Gasteiger partial charge < -0.3 is 10.1 Å². The van der Waals surface area contributed by atoms with Crippen molar-refractivity contribution in [2.45, 2.75) is 38.0 Å². The fourth-order valence-electron chi connectivity index (χ4n) is 3.19. The van der Waals surface area contributed by atoms with Crippen molar-refractivity contribution in [1.29, 1.82) is 0 Å². The Balaban J connectivity index is 1.51. The van der Waals surface area contributed by atoms with Crippen molar-refractivity contribution in [1.82, 2.24) is 10.3 Å². The van der Waals surface area contributed by atoms with Gasteiger partial charge in [-0.1, -0.05) is 12.2 Å². The summed E-state index contributed by atoms with van der Waals surface area (Å²) in [5, 5.41) is 10.4. The van der Waals surface area contributed by atoms with E-state index in [4.69, 9.17) is 4.74 Å². The molecule has 1 fully saturated rings. The molecule has 2 aliphatic heterocycles. The molecule has 4 heterocycles. The van der Waals surface area contributed by atoms with Crippen LogP contribution in [0.3, 0.4) is 0 Å². The molecule has 4 unspecified atom stereocenters. The minimum atomic E-state index is -0.0731. The highest BCUT2D eigenvalue weighted by atomic mass is 32.1. The average Bonchev–Trinajstić information content (AvgIpc) is 3.31. The third-order valence-electron chi connectivity index (χ3n) is 4.34. The number of carbonyl (C=O) groups excluding carboxylic acids is 1. The molecule has 2 aromatic rings. The average molecular weight is 346 g/mol. The highest BCUT2D eigenvalue weighted by Crippen LogP contribution is 2.34. The van der Waals surface area contributed by atoms with Crippen LogP contribution in [-0.2, 0) is 16.0 Å². The normalized spacial score (nSPS) is 26.6. The van der Waals surface area contributed by atoms with E-state index in [1.807, 2.05) is 18.4 Å². The van der Waals surface area contributed by atoms with E-state index in [0.29, 0.717) is 0 Å². The summed E-state index contributed by atoms with van der Waals surface area (Å²) in [7, 11) is 0. The van der Waals surface area contributed by atoms with Gasteiger partial charge in [0.05, 0.1) is 24.2 Å². The molecular formula is C17H18N2O2S2. The predicted octanol–water partition coefficient (Wildman–Crippen LogP) is 3.26. The van der Waals surface area contributed by atoms with E-state index >= 15 is 0 Å². The molecule has 4 rings (SSSR count). The van der Waals surface area contributed by atoms with Crippen LogP contribution >= 0.6 is 22.7 Å². The monoisotopic (exact) mass is 346 g/mol. The molecule has 2 bridgehead atoms. The van der Waals surface area contributed by atoms with Crippen LogP contribution in [0.15, 0.2) is 34.4 Å². The first-order valence-corrected chi connectivity index (χ1v) is 9.58. The third-order valence-corrected chi connectivity index (χ3v) is 6.15. The number of hydrogen-bond donors (Lipinski definition) is 1. The van der Waals surface area contributed by atoms with Crippen molar-refractivity contribution in [3.05, 3.63) is 50.6 Å². The zero-order valence-corrected chi connectivity index (χ0v) is 14.4. The first-order valence-electron chi connectivity index (χ1n) is 7.76. The molecule has 1 amide bonds.